The molecule has 0 aliphatic rings. The third-order valence-electron chi connectivity index (χ3n) is 4.61. The van der Waals surface area contributed by atoms with Crippen molar-refractivity contribution in [2.75, 3.05) is 7.05 Å². The van der Waals surface area contributed by atoms with E-state index in [1.54, 1.807) is 18.5 Å². The van der Waals surface area contributed by atoms with Crippen LogP contribution in [0.2, 0.25) is 0 Å². The quantitative estimate of drug-likeness (QED) is 0.387. The third kappa shape index (κ3) is 4.44. The van der Waals surface area contributed by atoms with E-state index in [9.17, 15) is 9.59 Å². The fourth-order valence-corrected chi connectivity index (χ4v) is 2.97. The number of hydrogen-bond acceptors (Lipinski definition) is 4. The molecule has 152 valence electrons. The third-order valence-corrected chi connectivity index (χ3v) is 4.61. The van der Waals surface area contributed by atoms with Gasteiger partial charge < -0.3 is 10.3 Å². The van der Waals surface area contributed by atoms with Crippen molar-refractivity contribution in [1.29, 1.82) is 0 Å². The number of Topliss-reactive ketones (excluding diaryl/α,β-unsaturated/α-hetero) is 1. The highest BCUT2D eigenvalue weighted by molar-refractivity contribution is 6.08. The molecule has 0 aliphatic heterocycles. The molecule has 0 fully saturated rings. The maximum Gasteiger partial charge on any atom is 0.250 e. The van der Waals surface area contributed by atoms with Crippen LogP contribution in [0.5, 0.6) is 0 Å². The Morgan fingerprint density at radius 2 is 1.93 bits per heavy atom. The first-order valence-electron chi connectivity index (χ1n) is 9.51. The van der Waals surface area contributed by atoms with Crippen LogP contribution >= 0.6 is 0 Å². The van der Waals surface area contributed by atoms with Gasteiger partial charge in [-0.3, -0.25) is 9.59 Å². The highest BCUT2D eigenvalue weighted by atomic mass is 16.2. The van der Waals surface area contributed by atoms with Gasteiger partial charge in [-0.05, 0) is 17.2 Å². The number of likely N-dealkylation sites (N-methyl/N-ethyl adjacent to an activating group) is 1. The second-order valence-electron chi connectivity index (χ2n) is 7.98. The maximum absolute atomic E-state index is 12.7. The molecule has 7 nitrogen and oxygen atoms in total. The second kappa shape index (κ2) is 8.29. The van der Waals surface area contributed by atoms with E-state index >= 15 is 0 Å². The Kier molecular flexibility index (Phi) is 5.79. The topological polar surface area (TPSA) is 92.1 Å². The smallest absolute Gasteiger partial charge is 0.250 e. The minimum Gasteiger partial charge on any atom is -0.364 e. The minimum atomic E-state index is -0.505. The number of benzene rings is 1. The van der Waals surface area contributed by atoms with E-state index in [0.29, 0.717) is 23.1 Å². The molecule has 0 bridgehead atoms. The number of nitrogens with zero attached hydrogens (tertiary/aromatic N) is 3. The normalized spacial score (nSPS) is 11.9. The summed E-state index contributed by atoms with van der Waals surface area (Å²) in [6, 6.07) is 7.53. The lowest BCUT2D eigenvalue weighted by atomic mass is 9.87. The zero-order chi connectivity index (χ0) is 21.9. The number of nitrogens with one attached hydrogen (secondary N) is 2. The van der Waals surface area contributed by atoms with Gasteiger partial charge >= 0.3 is 0 Å². The lowest BCUT2D eigenvalue weighted by Gasteiger charge is -2.15. The van der Waals surface area contributed by atoms with Gasteiger partial charge in [-0.2, -0.15) is 0 Å². The van der Waals surface area contributed by atoms with Crippen LogP contribution in [0.4, 0.5) is 0 Å². The SMILES string of the molecule is [C-]#[N+]C(=Cc1ccc(Cc2cnc3[nH]cc(C(=O)C(C)(C)C)c3n2)cc1)C(=O)NC. The summed E-state index contributed by atoms with van der Waals surface area (Å²) >= 11 is 0. The van der Waals surface area contributed by atoms with Crippen LogP contribution in [0.1, 0.15) is 48.0 Å². The number of H-pyrrole nitrogens is 1. The predicted molar refractivity (Wildman–Crippen MR) is 116 cm³/mol. The number of carbonyl (C=O) groups excluding carboxylic acids is 2. The van der Waals surface area contributed by atoms with Crippen molar-refractivity contribution in [2.45, 2.75) is 27.2 Å². The molecule has 1 amide bonds. The molecular formula is C23H23N5O2. The van der Waals surface area contributed by atoms with Crippen LogP contribution in [-0.4, -0.2) is 33.7 Å². The van der Waals surface area contributed by atoms with Crippen LogP contribution < -0.4 is 5.32 Å². The largest absolute Gasteiger partial charge is 0.364 e. The van der Waals surface area contributed by atoms with Gasteiger partial charge in [-0.1, -0.05) is 45.0 Å². The lowest BCUT2D eigenvalue weighted by molar-refractivity contribution is -0.116. The molecule has 0 unspecified atom stereocenters. The Bertz CT molecular complexity index is 1180. The van der Waals surface area contributed by atoms with Gasteiger partial charge in [0.05, 0.1) is 24.0 Å². The van der Waals surface area contributed by atoms with Crippen molar-refractivity contribution < 1.29 is 9.59 Å². The van der Waals surface area contributed by atoms with Gasteiger partial charge in [-0.15, -0.1) is 0 Å². The van der Waals surface area contributed by atoms with Crippen LogP contribution in [-0.2, 0) is 11.2 Å². The Morgan fingerprint density at radius 1 is 1.23 bits per heavy atom. The number of aromatic amines is 1. The second-order valence-corrected chi connectivity index (χ2v) is 7.98. The molecule has 0 saturated heterocycles. The molecule has 1 aromatic carbocycles. The van der Waals surface area contributed by atoms with E-state index in [1.165, 1.54) is 7.05 Å². The molecule has 0 atom stereocenters. The fraction of sp³-hybridized carbons (Fsp3) is 0.261. The average molecular weight is 401 g/mol. The monoisotopic (exact) mass is 401 g/mol. The molecule has 3 rings (SSSR count). The van der Waals surface area contributed by atoms with Crippen LogP contribution in [0.15, 0.2) is 42.4 Å². The van der Waals surface area contributed by atoms with Crippen molar-refractivity contribution in [1.82, 2.24) is 20.3 Å². The van der Waals surface area contributed by atoms with Gasteiger partial charge in [0.15, 0.2) is 11.4 Å². The van der Waals surface area contributed by atoms with E-state index < -0.39 is 11.3 Å². The first-order valence-corrected chi connectivity index (χ1v) is 9.51. The Morgan fingerprint density at radius 3 is 2.53 bits per heavy atom. The van der Waals surface area contributed by atoms with Gasteiger partial charge in [0.2, 0.25) is 5.91 Å². The lowest BCUT2D eigenvalue weighted by Crippen LogP contribution is -2.20. The van der Waals surface area contributed by atoms with Crippen molar-refractivity contribution in [3.05, 3.63) is 76.2 Å². The molecule has 2 N–H and O–H groups in total. The predicted octanol–water partition coefficient (Wildman–Crippen LogP) is 3.78. The van der Waals surface area contributed by atoms with Crippen molar-refractivity contribution in [2.24, 2.45) is 5.41 Å². The Balaban J connectivity index is 1.85. The molecule has 0 spiro atoms. The van der Waals surface area contributed by atoms with Gasteiger partial charge in [-0.25, -0.2) is 14.8 Å². The Labute approximate surface area is 175 Å². The van der Waals surface area contributed by atoms with E-state index in [-0.39, 0.29) is 11.5 Å². The zero-order valence-corrected chi connectivity index (χ0v) is 17.4. The molecule has 30 heavy (non-hydrogen) atoms. The number of amides is 1. The summed E-state index contributed by atoms with van der Waals surface area (Å²) in [7, 11) is 1.49. The summed E-state index contributed by atoms with van der Waals surface area (Å²) in [6.45, 7) is 12.8. The van der Waals surface area contributed by atoms with Gasteiger partial charge in [0.25, 0.3) is 5.70 Å². The van der Waals surface area contributed by atoms with Crippen LogP contribution in [0.3, 0.4) is 0 Å². The summed E-state index contributed by atoms with van der Waals surface area (Å²) < 4.78 is 0. The van der Waals surface area contributed by atoms with E-state index in [1.807, 2.05) is 45.0 Å². The van der Waals surface area contributed by atoms with Gasteiger partial charge in [0, 0.05) is 25.1 Å². The number of rotatable bonds is 5. The summed E-state index contributed by atoms with van der Waals surface area (Å²) in [5.41, 5.74) is 3.77. The summed E-state index contributed by atoms with van der Waals surface area (Å²) in [4.78, 5) is 39.7. The summed E-state index contributed by atoms with van der Waals surface area (Å²) in [6.07, 6.45) is 5.46. The van der Waals surface area contributed by atoms with Crippen molar-refractivity contribution in [3.8, 4) is 0 Å². The standard InChI is InChI=1S/C23H23N5O2/c1-23(2,3)20(29)17-13-27-21-19(17)28-16(12-26-21)10-14-6-8-15(9-7-14)11-18(24-4)22(30)25-5/h6-9,11-13H,10H2,1-3,5H3,(H,25,30)(H,26,27). The average Bonchev–Trinajstić information content (AvgIpc) is 3.14. The minimum absolute atomic E-state index is 0.0167. The zero-order valence-electron chi connectivity index (χ0n) is 17.4. The molecule has 0 radical (unpaired) electrons. The molecule has 2 heterocycles. The van der Waals surface area contributed by atoms with E-state index in [4.69, 9.17) is 6.57 Å². The number of hydrogen-bond donors (Lipinski definition) is 2. The maximum atomic E-state index is 12.7. The summed E-state index contributed by atoms with van der Waals surface area (Å²) in [5.74, 6) is -0.396. The molecule has 0 saturated carbocycles. The molecular weight excluding hydrogens is 378 g/mol. The number of ketones is 1. The first-order chi connectivity index (χ1) is 14.2. The highest BCUT2D eigenvalue weighted by Crippen LogP contribution is 2.25. The Hall–Kier alpha value is -3.79. The highest BCUT2D eigenvalue weighted by Gasteiger charge is 2.26. The number of fused-ring (bicyclic) bond motifs is 1. The van der Waals surface area contributed by atoms with Crippen LogP contribution in [0, 0.1) is 12.0 Å². The molecule has 3 aromatic rings. The first kappa shape index (κ1) is 20.9. The fourth-order valence-electron chi connectivity index (χ4n) is 2.97. The van der Waals surface area contributed by atoms with Gasteiger partial charge in [0.1, 0.15) is 5.52 Å². The van der Waals surface area contributed by atoms with Crippen LogP contribution in [0.25, 0.3) is 22.1 Å². The molecule has 0 aliphatic carbocycles. The molecule has 2 aromatic heterocycles. The van der Waals surface area contributed by atoms with Crippen molar-refractivity contribution in [3.63, 3.8) is 0 Å². The number of aromatic nitrogens is 3. The molecule has 7 heteroatoms. The van der Waals surface area contributed by atoms with E-state index in [0.717, 1.165) is 16.8 Å². The van der Waals surface area contributed by atoms with E-state index in [2.05, 4.69) is 25.1 Å². The summed E-state index contributed by atoms with van der Waals surface area (Å²) in [5, 5.41) is 2.45. The number of carbonyl (C=O) groups is 2. The van der Waals surface area contributed by atoms with Crippen molar-refractivity contribution >= 4 is 28.9 Å².